The quantitative estimate of drug-likeness (QED) is 0.499. The number of amides is 1. The molecule has 2 aromatic rings. The summed E-state index contributed by atoms with van der Waals surface area (Å²) in [5.74, 6) is 0.383. The second-order valence-corrected chi connectivity index (χ2v) is 7.91. The first-order chi connectivity index (χ1) is 15.2. The molecule has 1 aromatic heterocycles. The summed E-state index contributed by atoms with van der Waals surface area (Å²) in [5.41, 5.74) is 4.32. The van der Waals surface area contributed by atoms with Gasteiger partial charge < -0.3 is 10.1 Å². The number of rotatable bonds is 8. The maximum Gasteiger partial charge on any atom is 0.267 e. The Hall–Kier alpha value is -2.81. The van der Waals surface area contributed by atoms with Crippen molar-refractivity contribution < 1.29 is 14.4 Å². The van der Waals surface area contributed by atoms with E-state index < -0.39 is 0 Å². The molecule has 1 unspecified atom stereocenters. The molecular weight excluding hydrogens is 394 g/mol. The molecule has 2 saturated heterocycles. The number of benzene rings is 1. The minimum atomic E-state index is -0.365. The van der Waals surface area contributed by atoms with E-state index in [0.717, 1.165) is 51.1 Å². The summed E-state index contributed by atoms with van der Waals surface area (Å²) in [7, 11) is 0. The van der Waals surface area contributed by atoms with E-state index in [9.17, 15) is 4.79 Å². The van der Waals surface area contributed by atoms with Crippen molar-refractivity contribution in [2.24, 2.45) is 0 Å². The standard InChI is InChI=1S/C23H29N5O3/c29-22(27-31-23-8-4-5-15-30-23)12-10-19-9-11-21(26-25-19)24-20-13-14-28(17-20)16-18-6-2-1-3-7-18/h1-3,6-7,9-12,20,23H,4-5,8,13-17H2,(H,24,26)(H,27,29)/b12-10+/t20-,23?/m1/s1. The van der Waals surface area contributed by atoms with E-state index in [4.69, 9.17) is 9.57 Å². The highest BCUT2D eigenvalue weighted by molar-refractivity contribution is 5.90. The molecule has 0 aliphatic carbocycles. The van der Waals surface area contributed by atoms with Gasteiger partial charge in [-0.1, -0.05) is 30.3 Å². The van der Waals surface area contributed by atoms with Crippen LogP contribution >= 0.6 is 0 Å². The molecular formula is C23H29N5O3. The minimum Gasteiger partial charge on any atom is -0.365 e. The number of carbonyl (C=O) groups excluding carboxylic acids is 1. The molecule has 164 valence electrons. The third-order valence-electron chi connectivity index (χ3n) is 5.39. The van der Waals surface area contributed by atoms with Gasteiger partial charge in [0, 0.05) is 44.8 Å². The van der Waals surface area contributed by atoms with Crippen LogP contribution in [0.3, 0.4) is 0 Å². The highest BCUT2D eigenvalue weighted by atomic mass is 16.8. The maximum atomic E-state index is 11.9. The van der Waals surface area contributed by atoms with Crippen molar-refractivity contribution in [3.05, 3.63) is 59.8 Å². The molecule has 2 N–H and O–H groups in total. The van der Waals surface area contributed by atoms with Crippen LogP contribution in [0.25, 0.3) is 6.08 Å². The molecule has 0 bridgehead atoms. The van der Waals surface area contributed by atoms with E-state index in [0.29, 0.717) is 18.3 Å². The van der Waals surface area contributed by atoms with Crippen molar-refractivity contribution in [2.75, 3.05) is 25.0 Å². The van der Waals surface area contributed by atoms with E-state index in [-0.39, 0.29) is 12.2 Å². The number of hydrogen-bond acceptors (Lipinski definition) is 7. The van der Waals surface area contributed by atoms with Crippen LogP contribution in [0.2, 0.25) is 0 Å². The molecule has 8 nitrogen and oxygen atoms in total. The lowest BCUT2D eigenvalue weighted by molar-refractivity contribution is -0.198. The number of anilines is 1. The Labute approximate surface area is 182 Å². The number of hydrogen-bond donors (Lipinski definition) is 2. The van der Waals surface area contributed by atoms with Crippen LogP contribution in [0.4, 0.5) is 5.82 Å². The van der Waals surface area contributed by atoms with Crippen LogP contribution in [-0.2, 0) is 20.9 Å². The fraction of sp³-hybridized carbons (Fsp3) is 0.435. The van der Waals surface area contributed by atoms with Gasteiger partial charge in [0.2, 0.25) is 0 Å². The van der Waals surface area contributed by atoms with E-state index in [2.05, 4.69) is 50.2 Å². The van der Waals surface area contributed by atoms with E-state index in [1.165, 1.54) is 11.6 Å². The fourth-order valence-electron chi connectivity index (χ4n) is 3.78. The highest BCUT2D eigenvalue weighted by Crippen LogP contribution is 2.17. The maximum absolute atomic E-state index is 11.9. The number of nitrogens with zero attached hydrogens (tertiary/aromatic N) is 3. The van der Waals surface area contributed by atoms with Crippen molar-refractivity contribution >= 4 is 17.8 Å². The highest BCUT2D eigenvalue weighted by Gasteiger charge is 2.22. The smallest absolute Gasteiger partial charge is 0.267 e. The molecule has 2 aliphatic rings. The summed E-state index contributed by atoms with van der Waals surface area (Å²) in [5, 5.41) is 11.9. The van der Waals surface area contributed by atoms with Crippen molar-refractivity contribution in [3.8, 4) is 0 Å². The normalized spacial score (nSPS) is 21.9. The van der Waals surface area contributed by atoms with Gasteiger partial charge in [-0.2, -0.15) is 0 Å². The first-order valence-corrected chi connectivity index (χ1v) is 10.9. The molecule has 8 heteroatoms. The molecule has 31 heavy (non-hydrogen) atoms. The van der Waals surface area contributed by atoms with Crippen molar-refractivity contribution in [1.82, 2.24) is 20.6 Å². The minimum absolute atomic E-state index is 0.351. The van der Waals surface area contributed by atoms with Crippen molar-refractivity contribution in [3.63, 3.8) is 0 Å². The second-order valence-electron chi connectivity index (χ2n) is 7.91. The zero-order valence-corrected chi connectivity index (χ0v) is 17.6. The van der Waals surface area contributed by atoms with Crippen LogP contribution in [-0.4, -0.2) is 53.0 Å². The molecule has 0 saturated carbocycles. The zero-order valence-electron chi connectivity index (χ0n) is 17.6. The van der Waals surface area contributed by atoms with Gasteiger partial charge >= 0.3 is 0 Å². The number of likely N-dealkylation sites (tertiary alicyclic amines) is 1. The molecule has 4 rings (SSSR count). The van der Waals surface area contributed by atoms with Gasteiger partial charge in [0.1, 0.15) is 5.82 Å². The van der Waals surface area contributed by atoms with E-state index >= 15 is 0 Å². The van der Waals surface area contributed by atoms with E-state index in [1.807, 2.05) is 18.2 Å². The van der Waals surface area contributed by atoms with Gasteiger partial charge in [-0.05, 0) is 43.0 Å². The summed E-state index contributed by atoms with van der Waals surface area (Å²) in [4.78, 5) is 19.6. The monoisotopic (exact) mass is 423 g/mol. The molecule has 1 aromatic carbocycles. The molecule has 2 atom stereocenters. The van der Waals surface area contributed by atoms with Crippen LogP contribution in [0, 0.1) is 0 Å². The van der Waals surface area contributed by atoms with Crippen LogP contribution in [0.5, 0.6) is 0 Å². The average molecular weight is 424 g/mol. The first-order valence-electron chi connectivity index (χ1n) is 10.9. The van der Waals surface area contributed by atoms with Crippen LogP contribution < -0.4 is 10.8 Å². The Balaban J connectivity index is 1.19. The fourth-order valence-corrected chi connectivity index (χ4v) is 3.78. The van der Waals surface area contributed by atoms with Gasteiger partial charge in [-0.3, -0.25) is 9.69 Å². The Kier molecular flexibility index (Phi) is 7.60. The molecule has 2 fully saturated rings. The number of nitrogens with one attached hydrogen (secondary N) is 2. The Morgan fingerprint density at radius 3 is 2.84 bits per heavy atom. The lowest BCUT2D eigenvalue weighted by atomic mass is 10.2. The summed E-state index contributed by atoms with van der Waals surface area (Å²) in [6.07, 6.45) is 6.54. The van der Waals surface area contributed by atoms with E-state index in [1.54, 1.807) is 6.08 Å². The van der Waals surface area contributed by atoms with Crippen molar-refractivity contribution in [2.45, 2.75) is 44.6 Å². The third kappa shape index (κ3) is 6.85. The summed E-state index contributed by atoms with van der Waals surface area (Å²) < 4.78 is 5.40. The Bertz CT molecular complexity index is 853. The van der Waals surface area contributed by atoms with Crippen LogP contribution in [0.1, 0.15) is 36.9 Å². The first kappa shape index (κ1) is 21.4. The van der Waals surface area contributed by atoms with Crippen molar-refractivity contribution in [1.29, 1.82) is 0 Å². The number of hydroxylamine groups is 1. The van der Waals surface area contributed by atoms with Crippen LogP contribution in [0.15, 0.2) is 48.5 Å². The molecule has 3 heterocycles. The number of ether oxygens (including phenoxy) is 1. The number of aromatic nitrogens is 2. The SMILES string of the molecule is O=C(/C=C/c1ccc(N[C@@H]2CCN(Cc3ccccc3)C2)nn1)NOC1CCCCO1. The summed E-state index contributed by atoms with van der Waals surface area (Å²) in [6.45, 7) is 3.67. The summed E-state index contributed by atoms with van der Waals surface area (Å²) >= 11 is 0. The topological polar surface area (TPSA) is 88.6 Å². The number of carbonyl (C=O) groups is 1. The predicted octanol–water partition coefficient (Wildman–Crippen LogP) is 2.75. The Morgan fingerprint density at radius 1 is 1.16 bits per heavy atom. The van der Waals surface area contributed by atoms with Gasteiger partial charge in [0.15, 0.2) is 6.29 Å². The molecule has 0 radical (unpaired) electrons. The molecule has 1 amide bonds. The van der Waals surface area contributed by atoms with Gasteiger partial charge in [-0.25, -0.2) is 10.3 Å². The predicted molar refractivity (Wildman–Crippen MR) is 118 cm³/mol. The van der Waals surface area contributed by atoms with Gasteiger partial charge in [0.05, 0.1) is 5.69 Å². The average Bonchev–Trinajstić information content (AvgIpc) is 3.25. The van der Waals surface area contributed by atoms with Gasteiger partial charge in [0.25, 0.3) is 5.91 Å². The lowest BCUT2D eigenvalue weighted by Crippen LogP contribution is -2.32. The lowest BCUT2D eigenvalue weighted by Gasteiger charge is -2.21. The molecule has 2 aliphatic heterocycles. The third-order valence-corrected chi connectivity index (χ3v) is 5.39. The zero-order chi connectivity index (χ0) is 21.3. The Morgan fingerprint density at radius 2 is 2.06 bits per heavy atom. The summed E-state index contributed by atoms with van der Waals surface area (Å²) in [6, 6.07) is 14.6. The largest absolute Gasteiger partial charge is 0.365 e. The van der Waals surface area contributed by atoms with Gasteiger partial charge in [-0.15, -0.1) is 10.2 Å². The molecule has 0 spiro atoms. The second kappa shape index (κ2) is 11.0.